The number of aromatic nitrogens is 2. The summed E-state index contributed by atoms with van der Waals surface area (Å²) >= 11 is 0. The average molecular weight is 434 g/mol. The Kier molecular flexibility index (Phi) is 8.10. The second-order valence-electron chi connectivity index (χ2n) is 7.31. The highest BCUT2D eigenvalue weighted by atomic mass is 19.4. The molecule has 1 spiro atoms. The zero-order valence-electron chi connectivity index (χ0n) is 16.8. The van der Waals surface area contributed by atoms with Crippen molar-refractivity contribution in [2.45, 2.75) is 31.7 Å². The molecule has 0 radical (unpaired) electrons. The summed E-state index contributed by atoms with van der Waals surface area (Å²) in [6, 6.07) is 2.12. The van der Waals surface area contributed by atoms with Crippen molar-refractivity contribution in [2.75, 3.05) is 46.0 Å². The van der Waals surface area contributed by atoms with Crippen LogP contribution in [0.1, 0.15) is 24.2 Å². The van der Waals surface area contributed by atoms with Crippen molar-refractivity contribution in [3.8, 4) is 0 Å². The molecule has 2 aliphatic rings. The first-order valence-corrected chi connectivity index (χ1v) is 9.36. The Labute approximate surface area is 171 Å². The Morgan fingerprint density at radius 1 is 1.20 bits per heavy atom. The van der Waals surface area contributed by atoms with E-state index in [0.717, 1.165) is 13.1 Å². The van der Waals surface area contributed by atoms with Gasteiger partial charge in [-0.3, -0.25) is 9.69 Å². The van der Waals surface area contributed by atoms with Crippen molar-refractivity contribution >= 4 is 11.9 Å². The molecule has 1 unspecified atom stereocenters. The van der Waals surface area contributed by atoms with E-state index in [9.17, 15) is 18.0 Å². The van der Waals surface area contributed by atoms with Gasteiger partial charge in [0.2, 0.25) is 0 Å². The van der Waals surface area contributed by atoms with Crippen molar-refractivity contribution in [3.63, 3.8) is 0 Å². The molecule has 0 bridgehead atoms. The van der Waals surface area contributed by atoms with E-state index in [0.29, 0.717) is 44.5 Å². The fourth-order valence-electron chi connectivity index (χ4n) is 3.18. The number of carbonyl (C=O) groups is 2. The van der Waals surface area contributed by atoms with Crippen molar-refractivity contribution in [2.24, 2.45) is 0 Å². The fraction of sp³-hybridized carbons (Fsp3) is 0.667. The number of carboxylic acid groups (broad SMARTS) is 1. The van der Waals surface area contributed by atoms with Crippen molar-refractivity contribution < 1.29 is 37.3 Å². The summed E-state index contributed by atoms with van der Waals surface area (Å²) in [5.74, 6) is -2.78. The highest BCUT2D eigenvalue weighted by molar-refractivity contribution is 5.93. The molecular formula is C18H25F3N4O5. The lowest BCUT2D eigenvalue weighted by atomic mass is 10.0. The first kappa shape index (κ1) is 24.0. The van der Waals surface area contributed by atoms with Gasteiger partial charge in [-0.1, -0.05) is 0 Å². The minimum atomic E-state index is -5.08. The SMILES string of the molecule is CC(C)N1CCOCC2(CN(C(=O)c3ccnnc3)CCO2)C1.O=C(O)C(F)(F)F. The van der Waals surface area contributed by atoms with E-state index >= 15 is 0 Å². The number of morpholine rings is 1. The number of ether oxygens (including phenoxy) is 2. The van der Waals surface area contributed by atoms with Crippen LogP contribution in [0.4, 0.5) is 13.2 Å². The predicted octanol–water partition coefficient (Wildman–Crippen LogP) is 1.06. The number of hydrogen-bond acceptors (Lipinski definition) is 7. The summed E-state index contributed by atoms with van der Waals surface area (Å²) in [4.78, 5) is 25.8. The van der Waals surface area contributed by atoms with Gasteiger partial charge in [-0.05, 0) is 19.9 Å². The van der Waals surface area contributed by atoms with Crippen LogP contribution in [0, 0.1) is 0 Å². The van der Waals surface area contributed by atoms with Crippen molar-refractivity contribution in [1.82, 2.24) is 20.0 Å². The maximum atomic E-state index is 12.7. The highest BCUT2D eigenvalue weighted by Gasteiger charge is 2.42. The molecule has 9 nitrogen and oxygen atoms in total. The van der Waals surface area contributed by atoms with Crippen LogP contribution in [0.15, 0.2) is 18.5 Å². The predicted molar refractivity (Wildman–Crippen MR) is 97.8 cm³/mol. The Bertz CT molecular complexity index is 720. The molecular weight excluding hydrogens is 409 g/mol. The number of carbonyl (C=O) groups excluding carboxylic acids is 1. The van der Waals surface area contributed by atoms with Gasteiger partial charge in [0.15, 0.2) is 0 Å². The van der Waals surface area contributed by atoms with Crippen LogP contribution in [0.3, 0.4) is 0 Å². The number of nitrogens with zero attached hydrogens (tertiary/aromatic N) is 4. The lowest BCUT2D eigenvalue weighted by molar-refractivity contribution is -0.192. The third kappa shape index (κ3) is 6.61. The topological polar surface area (TPSA) is 105 Å². The maximum absolute atomic E-state index is 12.7. The summed E-state index contributed by atoms with van der Waals surface area (Å²) in [7, 11) is 0. The molecule has 0 aliphatic carbocycles. The third-order valence-electron chi connectivity index (χ3n) is 4.72. The third-order valence-corrected chi connectivity index (χ3v) is 4.72. The molecule has 1 N–H and O–H groups in total. The summed E-state index contributed by atoms with van der Waals surface area (Å²) in [6.45, 7) is 8.90. The number of hydrogen-bond donors (Lipinski definition) is 1. The Hall–Kier alpha value is -2.31. The standard InChI is InChI=1S/C16H24N4O3.C2HF3O2/c1-13(2)19-5-7-22-12-16(10-19)11-20(6-8-23-16)15(21)14-3-4-17-18-9-14;3-2(4,5)1(6)7/h3-4,9,13H,5-8,10-12H2,1-2H3;(H,6,7). The van der Waals surface area contributed by atoms with Gasteiger partial charge in [0, 0.05) is 25.7 Å². The molecule has 30 heavy (non-hydrogen) atoms. The van der Waals surface area contributed by atoms with E-state index < -0.39 is 17.7 Å². The van der Waals surface area contributed by atoms with Gasteiger partial charge in [0.25, 0.3) is 5.91 Å². The number of amides is 1. The fourth-order valence-corrected chi connectivity index (χ4v) is 3.18. The Balaban J connectivity index is 0.000000396. The summed E-state index contributed by atoms with van der Waals surface area (Å²) in [6.07, 6.45) is -2.03. The zero-order valence-corrected chi connectivity index (χ0v) is 16.8. The van der Waals surface area contributed by atoms with Gasteiger partial charge in [0.1, 0.15) is 5.60 Å². The van der Waals surface area contributed by atoms with Gasteiger partial charge >= 0.3 is 12.1 Å². The maximum Gasteiger partial charge on any atom is 0.490 e. The second-order valence-corrected chi connectivity index (χ2v) is 7.31. The largest absolute Gasteiger partial charge is 0.490 e. The first-order chi connectivity index (χ1) is 14.0. The van der Waals surface area contributed by atoms with Crippen molar-refractivity contribution in [3.05, 3.63) is 24.0 Å². The van der Waals surface area contributed by atoms with Gasteiger partial charge in [-0.25, -0.2) is 4.79 Å². The number of carboxylic acids is 1. The Morgan fingerprint density at radius 2 is 1.90 bits per heavy atom. The summed E-state index contributed by atoms with van der Waals surface area (Å²) < 4.78 is 43.6. The smallest absolute Gasteiger partial charge is 0.475 e. The Morgan fingerprint density at radius 3 is 2.47 bits per heavy atom. The molecule has 0 aromatic carbocycles. The molecule has 168 valence electrons. The first-order valence-electron chi connectivity index (χ1n) is 9.36. The molecule has 0 saturated carbocycles. The van der Waals surface area contributed by atoms with Crippen LogP contribution in [0.2, 0.25) is 0 Å². The molecule has 3 heterocycles. The van der Waals surface area contributed by atoms with Gasteiger partial charge in [0.05, 0.1) is 44.3 Å². The number of halogens is 3. The normalized spacial score (nSPS) is 22.9. The molecule has 2 fully saturated rings. The average Bonchev–Trinajstić information content (AvgIpc) is 2.90. The second kappa shape index (κ2) is 10.1. The van der Waals surface area contributed by atoms with Crippen LogP contribution in [0.25, 0.3) is 0 Å². The molecule has 2 saturated heterocycles. The lowest BCUT2D eigenvalue weighted by Crippen LogP contribution is -2.60. The minimum absolute atomic E-state index is 0.0251. The monoisotopic (exact) mass is 434 g/mol. The zero-order chi connectivity index (χ0) is 22.4. The van der Waals surface area contributed by atoms with Crippen LogP contribution in [-0.2, 0) is 14.3 Å². The van der Waals surface area contributed by atoms with Crippen molar-refractivity contribution in [1.29, 1.82) is 0 Å². The van der Waals surface area contributed by atoms with E-state index in [1.54, 1.807) is 12.3 Å². The van der Waals surface area contributed by atoms with Gasteiger partial charge in [-0.15, -0.1) is 0 Å². The van der Waals surface area contributed by atoms with E-state index in [1.807, 2.05) is 4.90 Å². The van der Waals surface area contributed by atoms with E-state index in [1.165, 1.54) is 6.20 Å². The molecule has 3 rings (SSSR count). The van der Waals surface area contributed by atoms with E-state index in [4.69, 9.17) is 19.4 Å². The number of alkyl halides is 3. The van der Waals surface area contributed by atoms with E-state index in [-0.39, 0.29) is 5.91 Å². The molecule has 12 heteroatoms. The number of aliphatic carboxylic acids is 1. The minimum Gasteiger partial charge on any atom is -0.475 e. The quantitative estimate of drug-likeness (QED) is 0.737. The van der Waals surface area contributed by atoms with Crippen LogP contribution < -0.4 is 0 Å². The molecule has 1 aromatic heterocycles. The molecule has 2 aliphatic heterocycles. The van der Waals surface area contributed by atoms with Crippen LogP contribution in [-0.4, -0.2) is 101 Å². The molecule has 1 aromatic rings. The van der Waals surface area contributed by atoms with Gasteiger partial charge < -0.3 is 19.5 Å². The molecule has 1 amide bonds. The van der Waals surface area contributed by atoms with Crippen LogP contribution in [0.5, 0.6) is 0 Å². The van der Waals surface area contributed by atoms with Gasteiger partial charge in [-0.2, -0.15) is 23.4 Å². The van der Waals surface area contributed by atoms with E-state index in [2.05, 4.69) is 28.9 Å². The number of rotatable bonds is 2. The lowest BCUT2D eigenvalue weighted by Gasteiger charge is -2.44. The summed E-state index contributed by atoms with van der Waals surface area (Å²) in [5.41, 5.74) is 0.113. The summed E-state index contributed by atoms with van der Waals surface area (Å²) in [5, 5.41) is 14.6. The molecule has 1 atom stereocenters. The van der Waals surface area contributed by atoms with Crippen LogP contribution >= 0.6 is 0 Å². The highest BCUT2D eigenvalue weighted by Crippen LogP contribution is 2.24.